The second kappa shape index (κ2) is 4.56. The van der Waals surface area contributed by atoms with Crippen molar-refractivity contribution in [3.63, 3.8) is 0 Å². The Kier molecular flexibility index (Phi) is 3.04. The van der Waals surface area contributed by atoms with Gasteiger partial charge in [0, 0.05) is 19.5 Å². The molecule has 1 saturated carbocycles. The molecular weight excluding hydrogens is 228 g/mol. The number of carbonyl (C=O) groups excluding carboxylic acids is 1. The van der Waals surface area contributed by atoms with Crippen molar-refractivity contribution >= 4 is 11.6 Å². The van der Waals surface area contributed by atoms with E-state index in [2.05, 4.69) is 12.1 Å². The van der Waals surface area contributed by atoms with Gasteiger partial charge in [-0.25, -0.2) is 0 Å². The van der Waals surface area contributed by atoms with Gasteiger partial charge in [-0.3, -0.25) is 4.79 Å². The topological polar surface area (TPSA) is 41.9 Å². The van der Waals surface area contributed by atoms with Gasteiger partial charge in [0.05, 0.1) is 5.71 Å². The Morgan fingerprint density at radius 1 is 1.44 bits per heavy atom. The smallest absolute Gasteiger partial charge is 0.266 e. The summed E-state index contributed by atoms with van der Waals surface area (Å²) in [5, 5.41) is 3.99. The zero-order chi connectivity index (χ0) is 12.6. The Hall–Kier alpha value is -1.06. The second-order valence-electron chi connectivity index (χ2n) is 6.03. The maximum Gasteiger partial charge on any atom is 0.266 e. The van der Waals surface area contributed by atoms with Crippen molar-refractivity contribution in [1.29, 1.82) is 0 Å². The molecule has 2 aliphatic heterocycles. The van der Waals surface area contributed by atoms with Crippen molar-refractivity contribution in [2.75, 3.05) is 13.1 Å². The SMILES string of the molecule is CCC1=NOC(C(=O)N2CCC3(CCCC3)C2)C1. The summed E-state index contributed by atoms with van der Waals surface area (Å²) in [6.07, 6.45) is 7.71. The monoisotopic (exact) mass is 250 g/mol. The summed E-state index contributed by atoms with van der Waals surface area (Å²) >= 11 is 0. The largest absolute Gasteiger partial charge is 0.382 e. The molecule has 2 heterocycles. The molecule has 1 unspecified atom stereocenters. The number of likely N-dealkylation sites (tertiary alicyclic amines) is 1. The van der Waals surface area contributed by atoms with E-state index in [1.54, 1.807) is 0 Å². The zero-order valence-corrected chi connectivity index (χ0v) is 11.2. The summed E-state index contributed by atoms with van der Waals surface area (Å²) in [7, 11) is 0. The first kappa shape index (κ1) is 12.0. The minimum atomic E-state index is -0.337. The molecule has 0 aromatic rings. The average Bonchev–Trinajstić information content (AvgIpc) is 3.11. The van der Waals surface area contributed by atoms with Gasteiger partial charge < -0.3 is 9.74 Å². The summed E-state index contributed by atoms with van der Waals surface area (Å²) in [6.45, 7) is 3.92. The Morgan fingerprint density at radius 3 is 2.89 bits per heavy atom. The van der Waals surface area contributed by atoms with E-state index in [0.717, 1.165) is 25.2 Å². The van der Waals surface area contributed by atoms with Crippen LogP contribution in [0, 0.1) is 5.41 Å². The van der Waals surface area contributed by atoms with Gasteiger partial charge in [0.1, 0.15) is 0 Å². The second-order valence-corrected chi connectivity index (χ2v) is 6.03. The van der Waals surface area contributed by atoms with Crippen molar-refractivity contribution in [1.82, 2.24) is 4.90 Å². The lowest BCUT2D eigenvalue weighted by Crippen LogP contribution is -2.39. The van der Waals surface area contributed by atoms with Crippen LogP contribution in [-0.2, 0) is 9.63 Å². The van der Waals surface area contributed by atoms with E-state index in [9.17, 15) is 4.79 Å². The van der Waals surface area contributed by atoms with Crippen LogP contribution in [0.15, 0.2) is 5.16 Å². The molecule has 0 aromatic heterocycles. The molecule has 1 spiro atoms. The molecule has 3 aliphatic rings. The predicted octanol–water partition coefficient (Wildman–Crippen LogP) is 2.33. The van der Waals surface area contributed by atoms with Crippen LogP contribution in [0.2, 0.25) is 0 Å². The maximum atomic E-state index is 12.4. The van der Waals surface area contributed by atoms with Gasteiger partial charge in [0.25, 0.3) is 5.91 Å². The van der Waals surface area contributed by atoms with Gasteiger partial charge in [-0.2, -0.15) is 0 Å². The van der Waals surface area contributed by atoms with Crippen LogP contribution in [0.5, 0.6) is 0 Å². The minimum Gasteiger partial charge on any atom is -0.382 e. The fraction of sp³-hybridized carbons (Fsp3) is 0.857. The van der Waals surface area contributed by atoms with Crippen molar-refractivity contribution in [2.45, 2.75) is 58.0 Å². The molecule has 0 aromatic carbocycles. The van der Waals surface area contributed by atoms with Gasteiger partial charge in [-0.15, -0.1) is 0 Å². The van der Waals surface area contributed by atoms with E-state index in [-0.39, 0.29) is 12.0 Å². The quantitative estimate of drug-likeness (QED) is 0.755. The third-order valence-electron chi connectivity index (χ3n) is 4.83. The molecular formula is C14H22N2O2. The number of amides is 1. The van der Waals surface area contributed by atoms with E-state index >= 15 is 0 Å². The highest BCUT2D eigenvalue weighted by atomic mass is 16.6. The first-order valence-corrected chi connectivity index (χ1v) is 7.23. The first-order valence-electron chi connectivity index (χ1n) is 7.23. The highest BCUT2D eigenvalue weighted by molar-refractivity contribution is 5.92. The van der Waals surface area contributed by atoms with Crippen molar-refractivity contribution < 1.29 is 9.63 Å². The first-order chi connectivity index (χ1) is 8.72. The molecule has 18 heavy (non-hydrogen) atoms. The fourth-order valence-corrected chi connectivity index (χ4v) is 3.63. The fourth-order valence-electron chi connectivity index (χ4n) is 3.63. The Bertz CT molecular complexity index is 372. The summed E-state index contributed by atoms with van der Waals surface area (Å²) in [4.78, 5) is 19.7. The van der Waals surface area contributed by atoms with E-state index < -0.39 is 0 Å². The van der Waals surface area contributed by atoms with Crippen LogP contribution >= 0.6 is 0 Å². The molecule has 1 amide bonds. The van der Waals surface area contributed by atoms with Crippen LogP contribution in [0.3, 0.4) is 0 Å². The third-order valence-corrected chi connectivity index (χ3v) is 4.83. The molecule has 4 heteroatoms. The Labute approximate surface area is 108 Å². The zero-order valence-electron chi connectivity index (χ0n) is 11.2. The summed E-state index contributed by atoms with van der Waals surface area (Å²) in [6, 6.07) is 0. The normalized spacial score (nSPS) is 29.7. The van der Waals surface area contributed by atoms with Crippen LogP contribution in [0.25, 0.3) is 0 Å². The van der Waals surface area contributed by atoms with Crippen molar-refractivity contribution in [3.05, 3.63) is 0 Å². The molecule has 1 aliphatic carbocycles. The Balaban J connectivity index is 1.58. The molecule has 1 saturated heterocycles. The van der Waals surface area contributed by atoms with Crippen LogP contribution in [0.1, 0.15) is 51.9 Å². The molecule has 0 bridgehead atoms. The number of hydrogen-bond acceptors (Lipinski definition) is 3. The maximum absolute atomic E-state index is 12.4. The molecule has 3 rings (SSSR count). The van der Waals surface area contributed by atoms with Crippen molar-refractivity contribution in [3.8, 4) is 0 Å². The van der Waals surface area contributed by atoms with E-state index in [4.69, 9.17) is 4.84 Å². The summed E-state index contributed by atoms with van der Waals surface area (Å²) < 4.78 is 0. The molecule has 2 fully saturated rings. The number of nitrogens with zero attached hydrogens (tertiary/aromatic N) is 2. The molecule has 0 radical (unpaired) electrons. The van der Waals surface area contributed by atoms with Crippen molar-refractivity contribution in [2.24, 2.45) is 10.6 Å². The van der Waals surface area contributed by atoms with E-state index in [1.807, 2.05) is 4.90 Å². The molecule has 1 atom stereocenters. The van der Waals surface area contributed by atoms with Gasteiger partial charge >= 0.3 is 0 Å². The number of rotatable bonds is 2. The van der Waals surface area contributed by atoms with Crippen LogP contribution in [0.4, 0.5) is 0 Å². The lowest BCUT2D eigenvalue weighted by molar-refractivity contribution is -0.141. The van der Waals surface area contributed by atoms with Gasteiger partial charge in [-0.05, 0) is 31.1 Å². The lowest BCUT2D eigenvalue weighted by Gasteiger charge is -2.24. The van der Waals surface area contributed by atoms with Crippen LogP contribution < -0.4 is 0 Å². The molecule has 0 N–H and O–H groups in total. The summed E-state index contributed by atoms with van der Waals surface area (Å²) in [5.74, 6) is 0.158. The van der Waals surface area contributed by atoms with E-state index in [0.29, 0.717) is 11.8 Å². The lowest BCUT2D eigenvalue weighted by atomic mass is 9.86. The number of oxime groups is 1. The number of hydrogen-bond donors (Lipinski definition) is 0. The standard InChI is InChI=1S/C14H22N2O2/c1-2-11-9-12(18-15-11)13(17)16-8-7-14(10-16)5-3-4-6-14/h12H,2-10H2,1H3. The highest BCUT2D eigenvalue weighted by Gasteiger charge is 2.44. The number of carbonyl (C=O) groups is 1. The van der Waals surface area contributed by atoms with Gasteiger partial charge in [0.15, 0.2) is 0 Å². The predicted molar refractivity (Wildman–Crippen MR) is 69.3 cm³/mol. The van der Waals surface area contributed by atoms with Gasteiger partial charge in [0.2, 0.25) is 6.10 Å². The summed E-state index contributed by atoms with van der Waals surface area (Å²) in [5.41, 5.74) is 1.46. The molecule has 4 nitrogen and oxygen atoms in total. The molecule has 100 valence electrons. The third kappa shape index (κ3) is 2.02. The Morgan fingerprint density at radius 2 is 2.22 bits per heavy atom. The average molecular weight is 250 g/mol. The van der Waals surface area contributed by atoms with Crippen LogP contribution in [-0.4, -0.2) is 35.7 Å². The highest BCUT2D eigenvalue weighted by Crippen LogP contribution is 2.45. The van der Waals surface area contributed by atoms with Gasteiger partial charge in [-0.1, -0.05) is 24.9 Å². The van der Waals surface area contributed by atoms with E-state index in [1.165, 1.54) is 32.1 Å². The minimum absolute atomic E-state index is 0.158.